The molecule has 0 atom stereocenters. The third kappa shape index (κ3) is 3.03. The van der Waals surface area contributed by atoms with Crippen LogP contribution in [0.25, 0.3) is 0 Å². The van der Waals surface area contributed by atoms with E-state index in [2.05, 4.69) is 20.0 Å². The first-order valence-electron chi connectivity index (χ1n) is 6.61. The first-order chi connectivity index (χ1) is 9.01. The van der Waals surface area contributed by atoms with Gasteiger partial charge >= 0.3 is 0 Å². The van der Waals surface area contributed by atoms with Gasteiger partial charge < -0.3 is 5.32 Å². The summed E-state index contributed by atoms with van der Waals surface area (Å²) in [6.07, 6.45) is 6.37. The third-order valence-corrected chi connectivity index (χ3v) is 5.14. The first kappa shape index (κ1) is 14.2. The minimum atomic E-state index is -3.53. The summed E-state index contributed by atoms with van der Waals surface area (Å²) in [5, 5.41) is 2.93. The predicted octanol–water partition coefficient (Wildman–Crippen LogP) is 1.52. The lowest BCUT2D eigenvalue weighted by Crippen LogP contribution is -2.52. The maximum atomic E-state index is 12.3. The molecule has 0 amide bonds. The summed E-state index contributed by atoms with van der Waals surface area (Å²) in [6, 6.07) is 0. The Bertz CT molecular complexity index is 518. The van der Waals surface area contributed by atoms with Crippen LogP contribution in [0.15, 0.2) is 17.3 Å². The van der Waals surface area contributed by atoms with Crippen LogP contribution in [0, 0.1) is 0 Å². The molecule has 19 heavy (non-hydrogen) atoms. The van der Waals surface area contributed by atoms with Gasteiger partial charge in [0.15, 0.2) is 0 Å². The van der Waals surface area contributed by atoms with Crippen molar-refractivity contribution in [3.8, 4) is 0 Å². The van der Waals surface area contributed by atoms with E-state index in [1.165, 1.54) is 12.4 Å². The lowest BCUT2D eigenvalue weighted by molar-refractivity contribution is 0.214. The molecule has 1 aromatic heterocycles. The Morgan fingerprint density at radius 3 is 2.32 bits per heavy atom. The van der Waals surface area contributed by atoms with Crippen molar-refractivity contribution >= 4 is 16.0 Å². The highest BCUT2D eigenvalue weighted by Gasteiger charge is 2.39. The maximum absolute atomic E-state index is 12.3. The quantitative estimate of drug-likeness (QED) is 0.827. The van der Waals surface area contributed by atoms with Crippen LogP contribution in [-0.2, 0) is 10.0 Å². The molecule has 0 aliphatic heterocycles. The van der Waals surface area contributed by atoms with Crippen LogP contribution in [0.2, 0.25) is 0 Å². The van der Waals surface area contributed by atoms with Crippen LogP contribution in [0.3, 0.4) is 0 Å². The van der Waals surface area contributed by atoms with Crippen LogP contribution in [0.4, 0.5) is 5.95 Å². The van der Waals surface area contributed by atoms with Crippen LogP contribution in [0.5, 0.6) is 0 Å². The topological polar surface area (TPSA) is 84.0 Å². The Labute approximate surface area is 114 Å². The Balaban J connectivity index is 2.15. The molecule has 2 N–H and O–H groups in total. The Kier molecular flexibility index (Phi) is 4.05. The monoisotopic (exact) mass is 284 g/mol. The van der Waals surface area contributed by atoms with Crippen molar-refractivity contribution in [3.63, 3.8) is 0 Å². The molecule has 106 valence electrons. The van der Waals surface area contributed by atoms with E-state index < -0.39 is 10.0 Å². The number of nitrogens with zero attached hydrogens (tertiary/aromatic N) is 2. The zero-order valence-corrected chi connectivity index (χ0v) is 12.1. The summed E-state index contributed by atoms with van der Waals surface area (Å²) < 4.78 is 27.3. The highest BCUT2D eigenvalue weighted by molar-refractivity contribution is 7.89. The summed E-state index contributed by atoms with van der Waals surface area (Å²) >= 11 is 0. The van der Waals surface area contributed by atoms with Gasteiger partial charge in [-0.2, -0.15) is 0 Å². The highest BCUT2D eigenvalue weighted by atomic mass is 32.2. The standard InChI is InChI=1S/C12H20N4O2S/c1-3-12(6-5-7-12)16-19(17,18)10-8-14-11(13-4-2)15-9-10/h8-9,16H,3-7H2,1-2H3,(H,13,14,15). The molecular weight excluding hydrogens is 264 g/mol. The van der Waals surface area contributed by atoms with E-state index in [-0.39, 0.29) is 10.4 Å². The molecule has 0 spiro atoms. The summed E-state index contributed by atoms with van der Waals surface area (Å²) in [7, 11) is -3.53. The van der Waals surface area contributed by atoms with Crippen LogP contribution < -0.4 is 10.0 Å². The van der Waals surface area contributed by atoms with Gasteiger partial charge in [0, 0.05) is 12.1 Å². The minimum Gasteiger partial charge on any atom is -0.355 e. The van der Waals surface area contributed by atoms with Crippen molar-refractivity contribution in [3.05, 3.63) is 12.4 Å². The number of rotatable bonds is 6. The van der Waals surface area contributed by atoms with Crippen molar-refractivity contribution in [2.24, 2.45) is 0 Å². The first-order valence-corrected chi connectivity index (χ1v) is 8.09. The molecule has 6 nitrogen and oxygen atoms in total. The van der Waals surface area contributed by atoms with Gasteiger partial charge in [-0.1, -0.05) is 6.92 Å². The van der Waals surface area contributed by atoms with E-state index in [9.17, 15) is 8.42 Å². The summed E-state index contributed by atoms with van der Waals surface area (Å²) in [6.45, 7) is 4.63. The average molecular weight is 284 g/mol. The number of sulfonamides is 1. The molecular formula is C12H20N4O2S. The highest BCUT2D eigenvalue weighted by Crippen LogP contribution is 2.35. The van der Waals surface area contributed by atoms with E-state index in [0.29, 0.717) is 12.5 Å². The fourth-order valence-corrected chi connectivity index (χ4v) is 3.60. The van der Waals surface area contributed by atoms with Crippen molar-refractivity contribution in [1.82, 2.24) is 14.7 Å². The molecule has 0 saturated heterocycles. The Morgan fingerprint density at radius 2 is 1.89 bits per heavy atom. The lowest BCUT2D eigenvalue weighted by atomic mass is 9.76. The van der Waals surface area contributed by atoms with E-state index in [1.807, 2.05) is 13.8 Å². The van der Waals surface area contributed by atoms with Gasteiger partial charge in [-0.05, 0) is 32.6 Å². The minimum absolute atomic E-state index is 0.119. The fraction of sp³-hybridized carbons (Fsp3) is 0.667. The number of anilines is 1. The average Bonchev–Trinajstić information content (AvgIpc) is 2.35. The smallest absolute Gasteiger partial charge is 0.244 e. The van der Waals surface area contributed by atoms with Crippen molar-refractivity contribution in [1.29, 1.82) is 0 Å². The van der Waals surface area contributed by atoms with Crippen molar-refractivity contribution in [2.75, 3.05) is 11.9 Å². The van der Waals surface area contributed by atoms with E-state index in [0.717, 1.165) is 25.7 Å². The van der Waals surface area contributed by atoms with Gasteiger partial charge in [0.1, 0.15) is 4.90 Å². The number of hydrogen-bond donors (Lipinski definition) is 2. The maximum Gasteiger partial charge on any atom is 0.244 e. The normalized spacial score (nSPS) is 17.8. The second-order valence-electron chi connectivity index (χ2n) is 4.87. The SMILES string of the molecule is CCNc1ncc(S(=O)(=O)NC2(CC)CCC2)cn1. The number of hydrogen-bond acceptors (Lipinski definition) is 5. The van der Waals surface area contributed by atoms with E-state index in [1.54, 1.807) is 0 Å². The molecule has 1 saturated carbocycles. The van der Waals surface area contributed by atoms with Crippen LogP contribution in [0.1, 0.15) is 39.5 Å². The second-order valence-corrected chi connectivity index (χ2v) is 6.55. The summed E-state index contributed by atoms with van der Waals surface area (Å²) in [5.74, 6) is 0.440. The lowest BCUT2D eigenvalue weighted by Gasteiger charge is -2.41. The van der Waals surface area contributed by atoms with Crippen molar-refractivity contribution in [2.45, 2.75) is 50.0 Å². The second kappa shape index (κ2) is 5.42. The van der Waals surface area contributed by atoms with Gasteiger partial charge in [0.25, 0.3) is 0 Å². The molecule has 1 aromatic rings. The van der Waals surface area contributed by atoms with Gasteiger partial charge in [-0.25, -0.2) is 23.1 Å². The molecule has 2 rings (SSSR count). The van der Waals surface area contributed by atoms with Gasteiger partial charge in [-0.15, -0.1) is 0 Å². The fourth-order valence-electron chi connectivity index (χ4n) is 2.18. The zero-order chi connectivity index (χ0) is 13.9. The van der Waals surface area contributed by atoms with Crippen LogP contribution in [-0.4, -0.2) is 30.5 Å². The van der Waals surface area contributed by atoms with Crippen molar-refractivity contribution < 1.29 is 8.42 Å². The van der Waals surface area contributed by atoms with Gasteiger partial charge in [0.2, 0.25) is 16.0 Å². The van der Waals surface area contributed by atoms with Gasteiger partial charge in [0.05, 0.1) is 12.4 Å². The molecule has 1 aliphatic rings. The largest absolute Gasteiger partial charge is 0.355 e. The Morgan fingerprint density at radius 1 is 1.26 bits per heavy atom. The van der Waals surface area contributed by atoms with E-state index in [4.69, 9.17) is 0 Å². The molecule has 7 heteroatoms. The molecule has 1 aliphatic carbocycles. The number of nitrogens with one attached hydrogen (secondary N) is 2. The van der Waals surface area contributed by atoms with E-state index >= 15 is 0 Å². The molecule has 0 radical (unpaired) electrons. The van der Waals surface area contributed by atoms with Gasteiger partial charge in [-0.3, -0.25) is 0 Å². The molecule has 0 bridgehead atoms. The molecule has 0 aromatic carbocycles. The molecule has 1 fully saturated rings. The molecule has 0 unspecified atom stereocenters. The predicted molar refractivity (Wildman–Crippen MR) is 73.4 cm³/mol. The third-order valence-electron chi connectivity index (χ3n) is 3.61. The summed E-state index contributed by atoms with van der Waals surface area (Å²) in [5.41, 5.74) is -0.265. The zero-order valence-electron chi connectivity index (χ0n) is 11.3. The molecule has 1 heterocycles. The summed E-state index contributed by atoms with van der Waals surface area (Å²) in [4.78, 5) is 8.11. The van der Waals surface area contributed by atoms with Crippen LogP contribution >= 0.6 is 0 Å². The number of aromatic nitrogens is 2. The Hall–Kier alpha value is -1.21.